The Bertz CT molecular complexity index is 27.3. The molecule has 0 aliphatic carbocycles. The van der Waals surface area contributed by atoms with Crippen molar-refractivity contribution in [3.8, 4) is 0 Å². The summed E-state index contributed by atoms with van der Waals surface area (Å²) in [7, 11) is 0.972. The minimum atomic E-state index is 0.972. The molecule has 0 aromatic heterocycles. The SMILES string of the molecule is CCCNPCC. The van der Waals surface area contributed by atoms with Crippen LogP contribution >= 0.6 is 8.73 Å². The van der Waals surface area contributed by atoms with Gasteiger partial charge in [-0.3, -0.25) is 5.09 Å². The fourth-order valence-corrected chi connectivity index (χ4v) is 1.02. The van der Waals surface area contributed by atoms with Crippen LogP contribution in [0.15, 0.2) is 0 Å². The van der Waals surface area contributed by atoms with Gasteiger partial charge >= 0.3 is 0 Å². The Balaban J connectivity index is 2.45. The maximum Gasteiger partial charge on any atom is -0.00148 e. The normalized spacial score (nSPS) is 11.1. The molecular formula is C5H14NP. The summed E-state index contributed by atoms with van der Waals surface area (Å²) in [6.07, 6.45) is 2.53. The number of rotatable bonds is 4. The van der Waals surface area contributed by atoms with Crippen LogP contribution in [-0.2, 0) is 0 Å². The van der Waals surface area contributed by atoms with E-state index in [1.54, 1.807) is 0 Å². The predicted octanol–water partition coefficient (Wildman–Crippen LogP) is 1.60. The number of hydrogen-bond acceptors (Lipinski definition) is 1. The van der Waals surface area contributed by atoms with Gasteiger partial charge in [-0.1, -0.05) is 22.6 Å². The van der Waals surface area contributed by atoms with Crippen molar-refractivity contribution in [2.45, 2.75) is 20.3 Å². The Morgan fingerprint density at radius 3 is 2.57 bits per heavy atom. The number of hydrogen-bond donors (Lipinski definition) is 1. The molecule has 0 aromatic carbocycles. The first-order valence-electron chi connectivity index (χ1n) is 2.87. The topological polar surface area (TPSA) is 12.0 Å². The van der Waals surface area contributed by atoms with E-state index in [1.807, 2.05) is 0 Å². The summed E-state index contributed by atoms with van der Waals surface area (Å²) in [5, 5.41) is 3.31. The highest BCUT2D eigenvalue weighted by atomic mass is 31.1. The molecular weight excluding hydrogens is 105 g/mol. The lowest BCUT2D eigenvalue weighted by molar-refractivity contribution is 0.872. The van der Waals surface area contributed by atoms with Crippen molar-refractivity contribution in [1.29, 1.82) is 0 Å². The van der Waals surface area contributed by atoms with E-state index < -0.39 is 0 Å². The molecule has 1 nitrogen and oxygen atoms in total. The van der Waals surface area contributed by atoms with Gasteiger partial charge in [0.05, 0.1) is 0 Å². The van der Waals surface area contributed by atoms with Crippen LogP contribution in [0.5, 0.6) is 0 Å². The van der Waals surface area contributed by atoms with Gasteiger partial charge in [-0.2, -0.15) is 0 Å². The van der Waals surface area contributed by atoms with E-state index in [0.717, 1.165) is 8.73 Å². The van der Waals surface area contributed by atoms with Crippen molar-refractivity contribution in [3.63, 3.8) is 0 Å². The third-order valence-electron chi connectivity index (χ3n) is 0.677. The van der Waals surface area contributed by atoms with Crippen LogP contribution in [0.25, 0.3) is 0 Å². The first-order chi connectivity index (χ1) is 3.41. The summed E-state index contributed by atoms with van der Waals surface area (Å²) in [4.78, 5) is 0. The highest BCUT2D eigenvalue weighted by Gasteiger charge is 1.76. The quantitative estimate of drug-likeness (QED) is 0.438. The average molecular weight is 119 g/mol. The largest absolute Gasteiger partial charge is 0.298 e. The zero-order valence-electron chi connectivity index (χ0n) is 5.12. The van der Waals surface area contributed by atoms with Gasteiger partial charge in [0.25, 0.3) is 0 Å². The Morgan fingerprint density at radius 1 is 1.43 bits per heavy atom. The highest BCUT2D eigenvalue weighted by Crippen LogP contribution is 1.98. The second-order valence-corrected chi connectivity index (χ2v) is 2.87. The minimum absolute atomic E-state index is 0.972. The molecule has 0 radical (unpaired) electrons. The molecule has 0 saturated carbocycles. The molecule has 0 amide bonds. The summed E-state index contributed by atoms with van der Waals surface area (Å²) >= 11 is 0. The van der Waals surface area contributed by atoms with Crippen LogP contribution in [-0.4, -0.2) is 12.7 Å². The fourth-order valence-electron chi connectivity index (χ4n) is 0.338. The Labute approximate surface area is 47.7 Å². The van der Waals surface area contributed by atoms with E-state index in [0.29, 0.717) is 0 Å². The van der Waals surface area contributed by atoms with Crippen LogP contribution in [0.3, 0.4) is 0 Å². The molecule has 0 fully saturated rings. The number of nitrogens with one attached hydrogen (secondary N) is 1. The lowest BCUT2D eigenvalue weighted by Crippen LogP contribution is -2.01. The zero-order valence-corrected chi connectivity index (χ0v) is 6.12. The minimum Gasteiger partial charge on any atom is -0.298 e. The summed E-state index contributed by atoms with van der Waals surface area (Å²) in [6, 6.07) is 0. The standard InChI is InChI=1S/C5H14NP/c1-3-5-6-7-4-2/h6-7H,3-5H2,1-2H3. The van der Waals surface area contributed by atoms with E-state index in [2.05, 4.69) is 18.9 Å². The van der Waals surface area contributed by atoms with Crippen LogP contribution in [0.1, 0.15) is 20.3 Å². The van der Waals surface area contributed by atoms with Gasteiger partial charge in [-0.25, -0.2) is 0 Å². The van der Waals surface area contributed by atoms with Crippen molar-refractivity contribution >= 4 is 8.73 Å². The maximum atomic E-state index is 3.31. The van der Waals surface area contributed by atoms with Gasteiger partial charge < -0.3 is 0 Å². The van der Waals surface area contributed by atoms with Gasteiger partial charge in [0.15, 0.2) is 0 Å². The van der Waals surface area contributed by atoms with E-state index >= 15 is 0 Å². The predicted molar refractivity (Wildman–Crippen MR) is 37.1 cm³/mol. The maximum absolute atomic E-state index is 3.31. The molecule has 44 valence electrons. The van der Waals surface area contributed by atoms with Crippen molar-refractivity contribution in [3.05, 3.63) is 0 Å². The van der Waals surface area contributed by atoms with Crippen molar-refractivity contribution in [1.82, 2.24) is 5.09 Å². The van der Waals surface area contributed by atoms with E-state index in [-0.39, 0.29) is 0 Å². The molecule has 0 aliphatic heterocycles. The van der Waals surface area contributed by atoms with Gasteiger partial charge in [0.1, 0.15) is 0 Å². The smallest absolute Gasteiger partial charge is 0.00148 e. The molecule has 1 N–H and O–H groups in total. The monoisotopic (exact) mass is 119 g/mol. The van der Waals surface area contributed by atoms with Gasteiger partial charge in [0.2, 0.25) is 0 Å². The molecule has 0 bridgehead atoms. The average Bonchev–Trinajstić information content (AvgIpc) is 1.69. The Kier molecular flexibility index (Phi) is 6.75. The summed E-state index contributed by atoms with van der Waals surface area (Å²) < 4.78 is 0. The molecule has 0 rings (SSSR count). The van der Waals surface area contributed by atoms with Crippen LogP contribution in [0.4, 0.5) is 0 Å². The van der Waals surface area contributed by atoms with Gasteiger partial charge in [-0.05, 0) is 19.1 Å². The molecule has 2 heteroatoms. The third kappa shape index (κ3) is 6.39. The molecule has 0 aliphatic rings. The fraction of sp³-hybridized carbons (Fsp3) is 1.00. The molecule has 0 aromatic rings. The van der Waals surface area contributed by atoms with E-state index in [9.17, 15) is 0 Å². The second-order valence-electron chi connectivity index (χ2n) is 1.46. The Morgan fingerprint density at radius 2 is 2.14 bits per heavy atom. The summed E-state index contributed by atoms with van der Waals surface area (Å²) in [5.74, 6) is 0. The highest BCUT2D eigenvalue weighted by molar-refractivity contribution is 7.35. The van der Waals surface area contributed by atoms with Crippen LogP contribution in [0.2, 0.25) is 0 Å². The van der Waals surface area contributed by atoms with Crippen molar-refractivity contribution in [2.24, 2.45) is 0 Å². The van der Waals surface area contributed by atoms with Crippen LogP contribution in [0, 0.1) is 0 Å². The Hall–Kier alpha value is 0.390. The first-order valence-corrected chi connectivity index (χ1v) is 4.08. The van der Waals surface area contributed by atoms with Gasteiger partial charge in [0, 0.05) is 0 Å². The van der Waals surface area contributed by atoms with Crippen molar-refractivity contribution < 1.29 is 0 Å². The summed E-state index contributed by atoms with van der Waals surface area (Å²) in [6.45, 7) is 5.57. The van der Waals surface area contributed by atoms with Crippen molar-refractivity contribution in [2.75, 3.05) is 12.7 Å². The molecule has 1 atom stereocenters. The molecule has 0 heterocycles. The van der Waals surface area contributed by atoms with E-state index in [4.69, 9.17) is 0 Å². The zero-order chi connectivity index (χ0) is 5.54. The van der Waals surface area contributed by atoms with E-state index in [1.165, 1.54) is 19.1 Å². The van der Waals surface area contributed by atoms with Crippen LogP contribution < -0.4 is 5.09 Å². The molecule has 0 saturated heterocycles. The lowest BCUT2D eigenvalue weighted by atomic mass is 10.5. The third-order valence-corrected chi connectivity index (χ3v) is 1.53. The lowest BCUT2D eigenvalue weighted by Gasteiger charge is -1.95. The second kappa shape index (κ2) is 6.39. The first kappa shape index (κ1) is 7.39. The molecule has 1 unspecified atom stereocenters. The summed E-state index contributed by atoms with van der Waals surface area (Å²) in [5.41, 5.74) is 0. The van der Waals surface area contributed by atoms with Gasteiger partial charge in [-0.15, -0.1) is 0 Å². The molecule has 7 heavy (non-hydrogen) atoms. The molecule has 0 spiro atoms.